The average Bonchev–Trinajstić information content (AvgIpc) is 2.74. The van der Waals surface area contributed by atoms with Crippen LogP contribution in [0.5, 0.6) is 5.06 Å². The van der Waals surface area contributed by atoms with E-state index in [1.165, 1.54) is 6.07 Å². The van der Waals surface area contributed by atoms with Gasteiger partial charge in [-0.25, -0.2) is 19.2 Å². The lowest BCUT2D eigenvalue weighted by Gasteiger charge is -2.05. The Morgan fingerprint density at radius 2 is 2.13 bits per heavy atom. The number of aromatic nitrogens is 2. The zero-order valence-electron chi connectivity index (χ0n) is 11.8. The molecule has 0 atom stereocenters. The molecule has 118 valence electrons. The topological polar surface area (TPSA) is 104 Å². The van der Waals surface area contributed by atoms with E-state index in [1.807, 2.05) is 0 Å². The van der Waals surface area contributed by atoms with Gasteiger partial charge in [0.05, 0.1) is 22.3 Å². The molecule has 0 unspecified atom stereocenters. The molecule has 0 saturated heterocycles. The number of halogens is 2. The molecule has 3 aromatic rings. The number of benzene rings is 1. The first kappa shape index (κ1) is 15.6. The van der Waals surface area contributed by atoms with Crippen molar-refractivity contribution in [3.05, 3.63) is 34.2 Å². The Hall–Kier alpha value is -2.26. The highest BCUT2D eigenvalue weighted by Crippen LogP contribution is 2.41. The minimum atomic E-state index is -0.965. The lowest BCUT2D eigenvalue weighted by molar-refractivity contribution is 0.212. The fourth-order valence-electron chi connectivity index (χ4n) is 2.13. The molecule has 9 heteroatoms. The summed E-state index contributed by atoms with van der Waals surface area (Å²) >= 11 is 4.26. The maximum Gasteiger partial charge on any atom is 0.410 e. The van der Waals surface area contributed by atoms with Crippen LogP contribution in [0.2, 0.25) is 0 Å². The Kier molecular flexibility index (Phi) is 3.90. The van der Waals surface area contributed by atoms with Crippen LogP contribution in [-0.2, 0) is 0 Å². The molecule has 2 heterocycles. The van der Waals surface area contributed by atoms with Crippen LogP contribution in [-0.4, -0.2) is 16.1 Å². The van der Waals surface area contributed by atoms with Crippen molar-refractivity contribution >= 4 is 49.3 Å². The normalized spacial score (nSPS) is 10.9. The van der Waals surface area contributed by atoms with Crippen molar-refractivity contribution in [3.63, 3.8) is 0 Å². The van der Waals surface area contributed by atoms with Crippen LogP contribution in [0.1, 0.15) is 5.69 Å². The quantitative estimate of drug-likeness (QED) is 0.688. The molecule has 0 aliphatic carbocycles. The molecule has 0 fully saturated rings. The number of fused-ring (bicyclic) bond motifs is 1. The summed E-state index contributed by atoms with van der Waals surface area (Å²) in [5.41, 5.74) is 12.0. The lowest BCUT2D eigenvalue weighted by atomic mass is 10.2. The lowest BCUT2D eigenvalue weighted by Crippen LogP contribution is -2.16. The summed E-state index contributed by atoms with van der Waals surface area (Å²) in [5.74, 6) is -0.219. The number of hydrogen-bond acceptors (Lipinski definition) is 6. The zero-order chi connectivity index (χ0) is 16.7. The number of hydrogen-bond donors (Lipinski definition) is 2. The van der Waals surface area contributed by atoms with Gasteiger partial charge in [0, 0.05) is 4.47 Å². The van der Waals surface area contributed by atoms with E-state index in [4.69, 9.17) is 16.2 Å². The highest BCUT2D eigenvalue weighted by atomic mass is 79.9. The van der Waals surface area contributed by atoms with Crippen molar-refractivity contribution in [2.45, 2.75) is 6.92 Å². The smallest absolute Gasteiger partial charge is 0.397 e. The summed E-state index contributed by atoms with van der Waals surface area (Å²) in [7, 11) is 0. The average molecular weight is 397 g/mol. The van der Waals surface area contributed by atoms with E-state index in [0.29, 0.717) is 20.4 Å². The number of carbonyl (C=O) groups is 1. The zero-order valence-corrected chi connectivity index (χ0v) is 14.2. The Morgan fingerprint density at radius 3 is 2.78 bits per heavy atom. The number of carbonyl (C=O) groups excluding carboxylic acids is 1. The molecule has 4 N–H and O–H groups in total. The maximum absolute atomic E-state index is 14.1. The van der Waals surface area contributed by atoms with Gasteiger partial charge >= 0.3 is 6.09 Å². The first-order valence-corrected chi connectivity index (χ1v) is 7.97. The van der Waals surface area contributed by atoms with E-state index in [1.54, 1.807) is 19.1 Å². The molecule has 1 amide bonds. The Bertz CT molecular complexity index is 944. The van der Waals surface area contributed by atoms with Crippen LogP contribution < -0.4 is 16.2 Å². The third kappa shape index (κ3) is 2.84. The summed E-state index contributed by atoms with van der Waals surface area (Å²) in [6.45, 7) is 1.72. The van der Waals surface area contributed by atoms with Crippen molar-refractivity contribution in [2.24, 2.45) is 5.73 Å². The number of anilines is 1. The number of nitrogen functional groups attached to an aromatic ring is 1. The van der Waals surface area contributed by atoms with Crippen LogP contribution in [0.3, 0.4) is 0 Å². The summed E-state index contributed by atoms with van der Waals surface area (Å²) in [4.78, 5) is 20.0. The molecule has 0 saturated carbocycles. The molecular formula is C14H10BrFN4O2S. The number of thiophene rings is 1. The van der Waals surface area contributed by atoms with Crippen molar-refractivity contribution in [3.8, 4) is 16.5 Å². The summed E-state index contributed by atoms with van der Waals surface area (Å²) < 4.78 is 19.6. The monoisotopic (exact) mass is 396 g/mol. The fourth-order valence-corrected chi connectivity index (χ4v) is 3.47. The highest BCUT2D eigenvalue weighted by molar-refractivity contribution is 9.10. The number of nitrogens with two attached hydrogens (primary N) is 2. The molecular weight excluding hydrogens is 387 g/mol. The predicted octanol–water partition coefficient (Wildman–Crippen LogP) is 3.61. The van der Waals surface area contributed by atoms with E-state index in [-0.39, 0.29) is 22.1 Å². The molecule has 0 aliphatic heterocycles. The minimum Gasteiger partial charge on any atom is -0.397 e. The van der Waals surface area contributed by atoms with Crippen molar-refractivity contribution in [1.29, 1.82) is 0 Å². The van der Waals surface area contributed by atoms with E-state index >= 15 is 0 Å². The van der Waals surface area contributed by atoms with Gasteiger partial charge in [-0.2, -0.15) is 0 Å². The largest absolute Gasteiger partial charge is 0.410 e. The number of ether oxygens (including phenoxy) is 1. The second kappa shape index (κ2) is 5.74. The van der Waals surface area contributed by atoms with Gasteiger partial charge in [0.25, 0.3) is 0 Å². The Balaban J connectivity index is 2.19. The molecule has 2 aromatic heterocycles. The third-order valence-corrected chi connectivity index (χ3v) is 4.57. The van der Waals surface area contributed by atoms with E-state index in [9.17, 15) is 9.18 Å². The molecule has 0 bridgehead atoms. The van der Waals surface area contributed by atoms with E-state index in [2.05, 4.69) is 25.9 Å². The summed E-state index contributed by atoms with van der Waals surface area (Å²) in [6.07, 6.45) is -0.965. The first-order valence-electron chi connectivity index (χ1n) is 6.36. The SMILES string of the molecule is Cc1nc(-c2ccc(Br)cc2F)nc2sc(OC(N)=O)c(N)c12. The van der Waals surface area contributed by atoms with Crippen molar-refractivity contribution < 1.29 is 13.9 Å². The third-order valence-electron chi connectivity index (χ3n) is 3.10. The molecule has 0 aliphatic rings. The Labute approximate surface area is 142 Å². The van der Waals surface area contributed by atoms with Gasteiger partial charge in [0.15, 0.2) is 5.82 Å². The van der Waals surface area contributed by atoms with Gasteiger partial charge in [-0.15, -0.1) is 0 Å². The highest BCUT2D eigenvalue weighted by Gasteiger charge is 2.19. The summed E-state index contributed by atoms with van der Waals surface area (Å²) in [6, 6.07) is 4.62. The summed E-state index contributed by atoms with van der Waals surface area (Å²) in [5, 5.41) is 0.714. The van der Waals surface area contributed by atoms with Gasteiger partial charge < -0.3 is 16.2 Å². The number of rotatable bonds is 2. The molecule has 3 rings (SSSR count). The van der Waals surface area contributed by atoms with Crippen LogP contribution in [0.25, 0.3) is 21.6 Å². The van der Waals surface area contributed by atoms with Crippen LogP contribution in [0, 0.1) is 12.7 Å². The van der Waals surface area contributed by atoms with Gasteiger partial charge in [0.2, 0.25) is 5.06 Å². The number of aryl methyl sites for hydroxylation is 1. The Morgan fingerprint density at radius 1 is 1.39 bits per heavy atom. The van der Waals surface area contributed by atoms with E-state index < -0.39 is 11.9 Å². The predicted molar refractivity (Wildman–Crippen MR) is 89.9 cm³/mol. The van der Waals surface area contributed by atoms with Crippen molar-refractivity contribution in [2.75, 3.05) is 5.73 Å². The first-order chi connectivity index (χ1) is 10.9. The van der Waals surface area contributed by atoms with Gasteiger partial charge in [0.1, 0.15) is 10.6 Å². The van der Waals surface area contributed by atoms with Gasteiger partial charge in [-0.1, -0.05) is 27.3 Å². The number of nitrogens with zero attached hydrogens (tertiary/aromatic N) is 2. The standard InChI is InChI=1S/C14H10BrFN4O2S/c1-5-9-10(17)13(22-14(18)21)23-12(9)20-11(19-5)7-3-2-6(15)4-8(7)16/h2-4H,17H2,1H3,(H2,18,21). The number of primary amides is 1. The fraction of sp³-hybridized carbons (Fsp3) is 0.0714. The molecule has 6 nitrogen and oxygen atoms in total. The maximum atomic E-state index is 14.1. The molecule has 0 radical (unpaired) electrons. The van der Waals surface area contributed by atoms with Crippen LogP contribution in [0.4, 0.5) is 14.9 Å². The van der Waals surface area contributed by atoms with Crippen LogP contribution in [0.15, 0.2) is 22.7 Å². The molecule has 1 aromatic carbocycles. The van der Waals surface area contributed by atoms with E-state index in [0.717, 1.165) is 11.3 Å². The van der Waals surface area contributed by atoms with Crippen molar-refractivity contribution in [1.82, 2.24) is 9.97 Å². The second-order valence-electron chi connectivity index (χ2n) is 4.66. The van der Waals surface area contributed by atoms with Gasteiger partial charge in [-0.3, -0.25) is 0 Å². The molecule has 23 heavy (non-hydrogen) atoms. The minimum absolute atomic E-state index is 0.151. The second-order valence-corrected chi connectivity index (χ2v) is 6.54. The van der Waals surface area contributed by atoms with Gasteiger partial charge in [-0.05, 0) is 25.1 Å². The number of amides is 1. The molecule has 0 spiro atoms. The van der Waals surface area contributed by atoms with Crippen LogP contribution >= 0.6 is 27.3 Å².